The van der Waals surface area contributed by atoms with Crippen molar-refractivity contribution in [1.29, 1.82) is 0 Å². The number of aromatic nitrogens is 1. The second-order valence-electron chi connectivity index (χ2n) is 9.37. The molecule has 0 spiro atoms. The van der Waals surface area contributed by atoms with Gasteiger partial charge in [-0.1, -0.05) is 0 Å². The van der Waals surface area contributed by atoms with Crippen molar-refractivity contribution in [3.63, 3.8) is 0 Å². The molecule has 2 heterocycles. The first-order valence-electron chi connectivity index (χ1n) is 10.8. The largest absolute Gasteiger partial charge is 0.348 e. The van der Waals surface area contributed by atoms with E-state index < -0.39 is 10.5 Å². The first-order valence-corrected chi connectivity index (χ1v) is 10.8. The number of nitro groups is 1. The van der Waals surface area contributed by atoms with Crippen LogP contribution in [0, 0.1) is 10.1 Å². The second-order valence-corrected chi connectivity index (χ2v) is 9.37. The van der Waals surface area contributed by atoms with Gasteiger partial charge in [0.1, 0.15) is 6.54 Å². The van der Waals surface area contributed by atoms with Gasteiger partial charge in [0.25, 0.3) is 5.69 Å². The molecule has 32 heavy (non-hydrogen) atoms. The van der Waals surface area contributed by atoms with Crippen molar-refractivity contribution >= 4 is 17.6 Å². The Hall–Kier alpha value is -3.36. The number of amides is 3. The SMILES string of the molecule is CC(C)N(CC(=O)N1CCn2cccc2C1c1ccc([N+](=O)[O-])cc1)C(=O)NC(C)(C)C. The van der Waals surface area contributed by atoms with E-state index in [4.69, 9.17) is 0 Å². The van der Waals surface area contributed by atoms with Gasteiger partial charge in [0.15, 0.2) is 0 Å². The molecule has 3 rings (SSSR count). The Balaban J connectivity index is 1.89. The van der Waals surface area contributed by atoms with Crippen LogP contribution in [0.15, 0.2) is 42.6 Å². The fourth-order valence-electron chi connectivity index (χ4n) is 3.90. The monoisotopic (exact) mass is 441 g/mol. The highest BCUT2D eigenvalue weighted by Gasteiger charge is 2.34. The maximum absolute atomic E-state index is 13.5. The van der Waals surface area contributed by atoms with Crippen LogP contribution in [0.1, 0.15) is 51.9 Å². The molecule has 1 unspecified atom stereocenters. The van der Waals surface area contributed by atoms with Gasteiger partial charge >= 0.3 is 6.03 Å². The zero-order valence-electron chi connectivity index (χ0n) is 19.2. The number of nitrogens with zero attached hydrogens (tertiary/aromatic N) is 4. The van der Waals surface area contributed by atoms with Crippen molar-refractivity contribution in [1.82, 2.24) is 19.7 Å². The van der Waals surface area contributed by atoms with Gasteiger partial charge in [-0.3, -0.25) is 14.9 Å². The van der Waals surface area contributed by atoms with Crippen LogP contribution < -0.4 is 5.32 Å². The standard InChI is InChI=1S/C23H31N5O4/c1-16(2)27(22(30)24-23(3,4)5)15-20(29)26-14-13-25-12-6-7-19(25)21(26)17-8-10-18(11-9-17)28(31)32/h6-12,16,21H,13-15H2,1-5H3,(H,24,30). The van der Waals surface area contributed by atoms with Crippen LogP contribution in [-0.2, 0) is 11.3 Å². The number of fused-ring (bicyclic) bond motifs is 1. The maximum Gasteiger partial charge on any atom is 0.318 e. The van der Waals surface area contributed by atoms with Gasteiger partial charge in [0, 0.05) is 48.7 Å². The number of urea groups is 1. The molecule has 9 nitrogen and oxygen atoms in total. The molecule has 1 aliphatic rings. The third kappa shape index (κ3) is 5.09. The molecule has 2 aromatic rings. The summed E-state index contributed by atoms with van der Waals surface area (Å²) in [4.78, 5) is 40.2. The molecule has 0 saturated heterocycles. The zero-order chi connectivity index (χ0) is 23.6. The fraction of sp³-hybridized carbons (Fsp3) is 0.478. The Morgan fingerprint density at radius 1 is 1.19 bits per heavy atom. The topological polar surface area (TPSA) is 101 Å². The number of non-ortho nitro benzene ring substituents is 1. The Kier molecular flexibility index (Phi) is 6.57. The third-order valence-corrected chi connectivity index (χ3v) is 5.45. The average Bonchev–Trinajstić information content (AvgIpc) is 3.18. The summed E-state index contributed by atoms with van der Waals surface area (Å²) < 4.78 is 2.09. The summed E-state index contributed by atoms with van der Waals surface area (Å²) in [5.74, 6) is -0.168. The summed E-state index contributed by atoms with van der Waals surface area (Å²) in [7, 11) is 0. The van der Waals surface area contributed by atoms with E-state index in [-0.39, 0.29) is 36.3 Å². The summed E-state index contributed by atoms with van der Waals surface area (Å²) in [5, 5.41) is 14.0. The van der Waals surface area contributed by atoms with E-state index in [0.717, 1.165) is 11.3 Å². The van der Waals surface area contributed by atoms with Gasteiger partial charge in [-0.2, -0.15) is 0 Å². The van der Waals surface area contributed by atoms with Crippen LogP contribution in [0.4, 0.5) is 10.5 Å². The summed E-state index contributed by atoms with van der Waals surface area (Å²) >= 11 is 0. The van der Waals surface area contributed by atoms with Gasteiger partial charge in [0.05, 0.1) is 11.0 Å². The Morgan fingerprint density at radius 2 is 1.84 bits per heavy atom. The highest BCUT2D eigenvalue weighted by Crippen LogP contribution is 2.33. The molecule has 1 aromatic heterocycles. The predicted octanol–water partition coefficient (Wildman–Crippen LogP) is 3.55. The van der Waals surface area contributed by atoms with Gasteiger partial charge in [-0.05, 0) is 64.4 Å². The molecule has 0 fully saturated rings. The predicted molar refractivity (Wildman–Crippen MR) is 121 cm³/mol. The zero-order valence-corrected chi connectivity index (χ0v) is 19.2. The van der Waals surface area contributed by atoms with Gasteiger partial charge < -0.3 is 19.7 Å². The van der Waals surface area contributed by atoms with E-state index in [2.05, 4.69) is 9.88 Å². The highest BCUT2D eigenvalue weighted by atomic mass is 16.6. The first-order chi connectivity index (χ1) is 15.0. The lowest BCUT2D eigenvalue weighted by Gasteiger charge is -2.39. The van der Waals surface area contributed by atoms with Crippen LogP contribution in [0.25, 0.3) is 0 Å². The molecule has 1 aliphatic heterocycles. The van der Waals surface area contributed by atoms with E-state index in [1.807, 2.05) is 52.9 Å². The Bertz CT molecular complexity index is 991. The van der Waals surface area contributed by atoms with Crippen molar-refractivity contribution in [2.75, 3.05) is 13.1 Å². The van der Waals surface area contributed by atoms with Crippen molar-refractivity contribution in [3.8, 4) is 0 Å². The van der Waals surface area contributed by atoms with Crippen LogP contribution in [0.2, 0.25) is 0 Å². The minimum absolute atomic E-state index is 0.00246. The number of carbonyl (C=O) groups excluding carboxylic acids is 2. The smallest absolute Gasteiger partial charge is 0.318 e. The van der Waals surface area contributed by atoms with E-state index in [1.54, 1.807) is 17.0 Å². The van der Waals surface area contributed by atoms with E-state index in [1.165, 1.54) is 17.0 Å². The normalized spacial score (nSPS) is 15.9. The maximum atomic E-state index is 13.5. The second kappa shape index (κ2) is 9.02. The molecule has 0 aliphatic carbocycles. The van der Waals surface area contributed by atoms with E-state index in [9.17, 15) is 19.7 Å². The van der Waals surface area contributed by atoms with Gasteiger partial charge in [-0.15, -0.1) is 0 Å². The summed E-state index contributed by atoms with van der Waals surface area (Å²) in [5.41, 5.74) is 1.32. The van der Waals surface area contributed by atoms with Gasteiger partial charge in [0.2, 0.25) is 5.91 Å². The summed E-state index contributed by atoms with van der Waals surface area (Å²) in [6, 6.07) is 9.36. The number of nitrogens with one attached hydrogen (secondary N) is 1. The summed E-state index contributed by atoms with van der Waals surface area (Å²) in [6.07, 6.45) is 1.97. The van der Waals surface area contributed by atoms with Crippen LogP contribution >= 0.6 is 0 Å². The van der Waals surface area contributed by atoms with Gasteiger partial charge in [-0.25, -0.2) is 4.79 Å². The molecule has 0 bridgehead atoms. The third-order valence-electron chi connectivity index (χ3n) is 5.45. The fourth-order valence-corrected chi connectivity index (χ4v) is 3.90. The van der Waals surface area contributed by atoms with Crippen LogP contribution in [0.3, 0.4) is 0 Å². The van der Waals surface area contributed by atoms with E-state index >= 15 is 0 Å². The lowest BCUT2D eigenvalue weighted by atomic mass is 9.99. The lowest BCUT2D eigenvalue weighted by molar-refractivity contribution is -0.384. The number of hydrogen-bond acceptors (Lipinski definition) is 4. The number of rotatable bonds is 5. The number of hydrogen-bond donors (Lipinski definition) is 1. The molecular formula is C23H31N5O4. The highest BCUT2D eigenvalue weighted by molar-refractivity contribution is 5.85. The minimum Gasteiger partial charge on any atom is -0.348 e. The molecule has 1 atom stereocenters. The lowest BCUT2D eigenvalue weighted by Crippen LogP contribution is -2.54. The number of benzene rings is 1. The molecule has 1 N–H and O–H groups in total. The van der Waals surface area contributed by atoms with Crippen LogP contribution in [-0.4, -0.2) is 55.9 Å². The molecule has 172 valence electrons. The van der Waals surface area contributed by atoms with E-state index in [0.29, 0.717) is 13.1 Å². The molecule has 0 saturated carbocycles. The van der Waals surface area contributed by atoms with Crippen molar-refractivity contribution in [2.24, 2.45) is 0 Å². The average molecular weight is 442 g/mol. The van der Waals surface area contributed by atoms with Crippen molar-refractivity contribution < 1.29 is 14.5 Å². The number of nitro benzene ring substituents is 1. The number of carbonyl (C=O) groups is 2. The quantitative estimate of drug-likeness (QED) is 0.566. The Labute approximate surface area is 188 Å². The first kappa shape index (κ1) is 23.3. The van der Waals surface area contributed by atoms with Crippen LogP contribution in [0.5, 0.6) is 0 Å². The molecule has 3 amide bonds. The molecular weight excluding hydrogens is 410 g/mol. The summed E-state index contributed by atoms with van der Waals surface area (Å²) in [6.45, 7) is 10.5. The molecule has 0 radical (unpaired) electrons. The van der Waals surface area contributed by atoms with Crippen molar-refractivity contribution in [2.45, 2.75) is 58.8 Å². The molecule has 1 aromatic carbocycles. The minimum atomic E-state index is -0.440. The van der Waals surface area contributed by atoms with Crippen molar-refractivity contribution in [3.05, 3.63) is 64.0 Å². The Morgan fingerprint density at radius 3 is 2.41 bits per heavy atom. The molecule has 9 heteroatoms.